The Labute approximate surface area is 180 Å². The van der Waals surface area contributed by atoms with Crippen LogP contribution in [0.2, 0.25) is 0 Å². The summed E-state index contributed by atoms with van der Waals surface area (Å²) >= 11 is 0. The van der Waals surface area contributed by atoms with Crippen molar-refractivity contribution in [3.63, 3.8) is 0 Å². The zero-order chi connectivity index (χ0) is 21.9. The number of Topliss-reactive ketones (excluding diaryl/α,β-unsaturated/α-hetero) is 1. The van der Waals surface area contributed by atoms with E-state index in [1.807, 2.05) is 30.6 Å². The van der Waals surface area contributed by atoms with Crippen LogP contribution in [-0.4, -0.2) is 84.7 Å². The molecular weight excluding hydrogens is 382 g/mol. The van der Waals surface area contributed by atoms with Gasteiger partial charge in [0, 0.05) is 57.7 Å². The predicted octanol–water partition coefficient (Wildman–Crippen LogP) is 2.45. The molecule has 0 bridgehead atoms. The summed E-state index contributed by atoms with van der Waals surface area (Å²) in [5, 5.41) is 0. The van der Waals surface area contributed by atoms with E-state index in [4.69, 9.17) is 4.74 Å². The molecule has 166 valence electrons. The Bertz CT molecular complexity index is 701. The van der Waals surface area contributed by atoms with Gasteiger partial charge in [0.25, 0.3) is 0 Å². The number of benzene rings is 1. The summed E-state index contributed by atoms with van der Waals surface area (Å²) in [7, 11) is 0. The van der Waals surface area contributed by atoms with E-state index in [0.29, 0.717) is 38.3 Å². The Hall–Kier alpha value is -2.41. The van der Waals surface area contributed by atoms with Gasteiger partial charge in [0.05, 0.1) is 13.2 Å². The fourth-order valence-corrected chi connectivity index (χ4v) is 3.67. The minimum absolute atomic E-state index is 0.00575. The highest BCUT2D eigenvalue weighted by molar-refractivity contribution is 5.98. The van der Waals surface area contributed by atoms with E-state index >= 15 is 0 Å². The molecule has 7 nitrogen and oxygen atoms in total. The van der Waals surface area contributed by atoms with E-state index in [-0.39, 0.29) is 30.4 Å². The Kier molecular flexibility index (Phi) is 9.80. The highest BCUT2D eigenvalue weighted by Crippen LogP contribution is 2.15. The van der Waals surface area contributed by atoms with Gasteiger partial charge in [-0.1, -0.05) is 0 Å². The van der Waals surface area contributed by atoms with Crippen molar-refractivity contribution in [1.29, 1.82) is 0 Å². The second-order valence-corrected chi connectivity index (χ2v) is 7.46. The van der Waals surface area contributed by atoms with E-state index in [1.165, 1.54) is 0 Å². The Morgan fingerprint density at radius 3 is 2.27 bits per heavy atom. The number of carbonyl (C=O) groups is 3. The lowest BCUT2D eigenvalue weighted by Crippen LogP contribution is -2.42. The predicted molar refractivity (Wildman–Crippen MR) is 117 cm³/mol. The minimum Gasteiger partial charge on any atom is -0.494 e. The van der Waals surface area contributed by atoms with E-state index in [0.717, 1.165) is 31.8 Å². The van der Waals surface area contributed by atoms with Crippen LogP contribution in [0.1, 0.15) is 50.4 Å². The van der Waals surface area contributed by atoms with Gasteiger partial charge in [-0.3, -0.25) is 19.3 Å². The molecule has 2 rings (SSSR count). The van der Waals surface area contributed by atoms with Crippen LogP contribution in [0.25, 0.3) is 0 Å². The molecule has 1 saturated heterocycles. The van der Waals surface area contributed by atoms with Crippen LogP contribution in [0.15, 0.2) is 24.3 Å². The second-order valence-electron chi connectivity index (χ2n) is 7.46. The van der Waals surface area contributed by atoms with Crippen LogP contribution >= 0.6 is 0 Å². The molecule has 0 N–H and O–H groups in total. The molecule has 1 aliphatic rings. The molecule has 0 radical (unpaired) electrons. The van der Waals surface area contributed by atoms with Gasteiger partial charge in [-0.05, 0) is 51.5 Å². The summed E-state index contributed by atoms with van der Waals surface area (Å²) in [5.41, 5.74) is 0.600. The van der Waals surface area contributed by atoms with Gasteiger partial charge >= 0.3 is 0 Å². The van der Waals surface area contributed by atoms with Gasteiger partial charge in [-0.25, -0.2) is 0 Å². The first kappa shape index (κ1) is 23.9. The second kappa shape index (κ2) is 12.3. The van der Waals surface area contributed by atoms with Crippen LogP contribution in [0.3, 0.4) is 0 Å². The molecule has 7 heteroatoms. The largest absolute Gasteiger partial charge is 0.494 e. The van der Waals surface area contributed by atoms with Crippen LogP contribution in [0, 0.1) is 0 Å². The lowest BCUT2D eigenvalue weighted by Gasteiger charge is -2.25. The van der Waals surface area contributed by atoms with Gasteiger partial charge in [0.1, 0.15) is 5.75 Å². The average Bonchev–Trinajstić information content (AvgIpc) is 2.99. The molecule has 0 spiro atoms. The summed E-state index contributed by atoms with van der Waals surface area (Å²) in [4.78, 5) is 43.1. The SMILES string of the molecule is CCOc1ccc(C(=O)CCC(=O)N2CCCN(CC(=O)N(CC)CC)CC2)cc1. The topological polar surface area (TPSA) is 70.2 Å². The summed E-state index contributed by atoms with van der Waals surface area (Å²) in [6, 6.07) is 7.05. The lowest BCUT2D eigenvalue weighted by atomic mass is 10.1. The first-order chi connectivity index (χ1) is 14.5. The van der Waals surface area contributed by atoms with Gasteiger partial charge in [-0.2, -0.15) is 0 Å². The third-order valence-corrected chi connectivity index (χ3v) is 5.47. The first-order valence-corrected chi connectivity index (χ1v) is 11.0. The van der Waals surface area contributed by atoms with E-state index in [9.17, 15) is 14.4 Å². The fraction of sp³-hybridized carbons (Fsp3) is 0.609. The molecule has 30 heavy (non-hydrogen) atoms. The molecule has 1 aromatic carbocycles. The average molecular weight is 418 g/mol. The molecule has 0 aliphatic carbocycles. The molecule has 1 aliphatic heterocycles. The third-order valence-electron chi connectivity index (χ3n) is 5.47. The number of amides is 2. The summed E-state index contributed by atoms with van der Waals surface area (Å²) in [6.07, 6.45) is 1.25. The lowest BCUT2D eigenvalue weighted by molar-refractivity contribution is -0.132. The zero-order valence-corrected chi connectivity index (χ0v) is 18.6. The van der Waals surface area contributed by atoms with Crippen LogP contribution in [0.4, 0.5) is 0 Å². The van der Waals surface area contributed by atoms with Crippen molar-refractivity contribution < 1.29 is 19.1 Å². The van der Waals surface area contributed by atoms with Crippen molar-refractivity contribution in [3.05, 3.63) is 29.8 Å². The quantitative estimate of drug-likeness (QED) is 0.547. The fourth-order valence-electron chi connectivity index (χ4n) is 3.67. The molecule has 0 aromatic heterocycles. The van der Waals surface area contributed by atoms with Gasteiger partial charge in [0.2, 0.25) is 11.8 Å². The van der Waals surface area contributed by atoms with Crippen LogP contribution < -0.4 is 4.74 Å². The molecule has 0 unspecified atom stereocenters. The van der Waals surface area contributed by atoms with E-state index in [2.05, 4.69) is 4.90 Å². The molecule has 0 atom stereocenters. The van der Waals surface area contributed by atoms with E-state index in [1.54, 1.807) is 24.3 Å². The van der Waals surface area contributed by atoms with Gasteiger partial charge in [0.15, 0.2) is 5.78 Å². The Morgan fingerprint density at radius 2 is 1.63 bits per heavy atom. The van der Waals surface area contributed by atoms with Crippen molar-refractivity contribution >= 4 is 17.6 Å². The smallest absolute Gasteiger partial charge is 0.236 e. The Balaban J connectivity index is 1.79. The normalized spacial score (nSPS) is 14.8. The third kappa shape index (κ3) is 7.13. The van der Waals surface area contributed by atoms with Crippen LogP contribution in [-0.2, 0) is 9.59 Å². The van der Waals surface area contributed by atoms with Crippen molar-refractivity contribution in [3.8, 4) is 5.75 Å². The van der Waals surface area contributed by atoms with Gasteiger partial charge < -0.3 is 14.5 Å². The summed E-state index contributed by atoms with van der Waals surface area (Å²) < 4.78 is 5.39. The first-order valence-electron chi connectivity index (χ1n) is 11.0. The summed E-state index contributed by atoms with van der Waals surface area (Å²) in [6.45, 7) is 11.1. The molecular formula is C23H35N3O4. The van der Waals surface area contributed by atoms with Crippen molar-refractivity contribution in [1.82, 2.24) is 14.7 Å². The maximum absolute atomic E-state index is 12.6. The molecule has 0 saturated carbocycles. The summed E-state index contributed by atoms with van der Waals surface area (Å²) in [5.74, 6) is 0.846. The number of carbonyl (C=O) groups excluding carboxylic acids is 3. The van der Waals surface area contributed by atoms with Gasteiger partial charge in [-0.15, -0.1) is 0 Å². The molecule has 1 fully saturated rings. The standard InChI is InChI=1S/C23H35N3O4/c1-4-25(5-2)23(29)18-24-14-7-15-26(17-16-24)22(28)13-12-21(27)19-8-10-20(11-9-19)30-6-3/h8-11H,4-7,12-18H2,1-3H3. The highest BCUT2D eigenvalue weighted by Gasteiger charge is 2.22. The van der Waals surface area contributed by atoms with Crippen LogP contribution in [0.5, 0.6) is 5.75 Å². The molecule has 2 amide bonds. The highest BCUT2D eigenvalue weighted by atomic mass is 16.5. The number of hydrogen-bond acceptors (Lipinski definition) is 5. The zero-order valence-electron chi connectivity index (χ0n) is 18.6. The maximum Gasteiger partial charge on any atom is 0.236 e. The number of hydrogen-bond donors (Lipinski definition) is 0. The molecule has 1 heterocycles. The minimum atomic E-state index is -0.0346. The van der Waals surface area contributed by atoms with Crippen molar-refractivity contribution in [2.45, 2.75) is 40.0 Å². The Morgan fingerprint density at radius 1 is 0.933 bits per heavy atom. The van der Waals surface area contributed by atoms with E-state index < -0.39 is 0 Å². The van der Waals surface area contributed by atoms with Crippen molar-refractivity contribution in [2.24, 2.45) is 0 Å². The maximum atomic E-state index is 12.6. The number of rotatable bonds is 10. The number of likely N-dealkylation sites (N-methyl/N-ethyl adjacent to an activating group) is 1. The number of nitrogens with zero attached hydrogens (tertiary/aromatic N) is 3. The molecule has 1 aromatic rings. The number of ketones is 1. The number of ether oxygens (including phenoxy) is 1. The monoisotopic (exact) mass is 417 g/mol. The van der Waals surface area contributed by atoms with Crippen molar-refractivity contribution in [2.75, 3.05) is 52.4 Å².